The molecule has 2 N–H and O–H groups in total. The van der Waals surface area contributed by atoms with Crippen molar-refractivity contribution >= 4 is 58.3 Å². The van der Waals surface area contributed by atoms with Gasteiger partial charge in [-0.15, -0.1) is 0 Å². The molecule has 10 nitrogen and oxygen atoms in total. The standard InChI is InChI=1S/C6H3Cl3N2O2.C6H5ClN2O4/c1-13-5(12)3-2(7)4(8)11-6(9)10-3;1-13-5(11)3-2(7)4(10)9-6(12)8-3/h1H3;1H3,(H2,8,9,10,12). The van der Waals surface area contributed by atoms with Crippen molar-refractivity contribution in [1.82, 2.24) is 19.9 Å². The van der Waals surface area contributed by atoms with Gasteiger partial charge in [-0.3, -0.25) is 14.8 Å². The van der Waals surface area contributed by atoms with Gasteiger partial charge in [0.05, 0.1) is 14.2 Å². The third kappa shape index (κ3) is 5.43. The van der Waals surface area contributed by atoms with E-state index in [0.29, 0.717) is 0 Å². The van der Waals surface area contributed by atoms with Crippen LogP contribution < -0.4 is 11.2 Å². The number of aromatic amines is 2. The van der Waals surface area contributed by atoms with E-state index in [-0.39, 0.29) is 26.8 Å². The number of halogens is 4. The Balaban J connectivity index is 0.000000260. The lowest BCUT2D eigenvalue weighted by molar-refractivity contribution is 0.0585. The van der Waals surface area contributed by atoms with Crippen LogP contribution in [0.25, 0.3) is 0 Å². The molecule has 0 spiro atoms. The Morgan fingerprint density at radius 2 is 1.46 bits per heavy atom. The van der Waals surface area contributed by atoms with E-state index >= 15 is 0 Å². The Morgan fingerprint density at radius 3 is 2.00 bits per heavy atom. The summed E-state index contributed by atoms with van der Waals surface area (Å²) >= 11 is 22.0. The van der Waals surface area contributed by atoms with Gasteiger partial charge in [0.25, 0.3) is 5.56 Å². The van der Waals surface area contributed by atoms with Crippen molar-refractivity contribution in [2.45, 2.75) is 0 Å². The molecule has 14 heteroatoms. The third-order valence-electron chi connectivity index (χ3n) is 2.44. The number of methoxy groups -OCH3 is 2. The summed E-state index contributed by atoms with van der Waals surface area (Å²) in [6.45, 7) is 0. The van der Waals surface area contributed by atoms with Crippen LogP contribution in [0.3, 0.4) is 0 Å². The molecule has 0 aliphatic heterocycles. The van der Waals surface area contributed by atoms with Crippen molar-refractivity contribution in [1.29, 1.82) is 0 Å². The van der Waals surface area contributed by atoms with Crippen LogP contribution in [-0.2, 0) is 9.47 Å². The summed E-state index contributed by atoms with van der Waals surface area (Å²) < 4.78 is 8.68. The fourth-order valence-corrected chi connectivity index (χ4v) is 2.06. The Morgan fingerprint density at radius 1 is 0.885 bits per heavy atom. The maximum absolute atomic E-state index is 11.0. The molecule has 0 saturated carbocycles. The summed E-state index contributed by atoms with van der Waals surface area (Å²) in [5.41, 5.74) is -2.13. The summed E-state index contributed by atoms with van der Waals surface area (Å²) in [4.78, 5) is 54.5. The Hall–Kier alpha value is -2.14. The predicted octanol–water partition coefficient (Wildman–Crippen LogP) is 1.73. The zero-order chi connectivity index (χ0) is 20.0. The fraction of sp³-hybridized carbons (Fsp3) is 0.167. The van der Waals surface area contributed by atoms with Gasteiger partial charge >= 0.3 is 17.6 Å². The van der Waals surface area contributed by atoms with Gasteiger partial charge in [0.1, 0.15) is 10.0 Å². The smallest absolute Gasteiger partial charge is 0.358 e. The monoisotopic (exact) mass is 444 g/mol. The number of aromatic nitrogens is 4. The van der Waals surface area contributed by atoms with Gasteiger partial charge in [-0.1, -0.05) is 34.8 Å². The lowest BCUT2D eigenvalue weighted by Crippen LogP contribution is -2.27. The number of hydrogen-bond donors (Lipinski definition) is 2. The molecule has 2 heterocycles. The van der Waals surface area contributed by atoms with Gasteiger partial charge in [0, 0.05) is 0 Å². The number of rotatable bonds is 2. The van der Waals surface area contributed by atoms with Crippen LogP contribution in [0.2, 0.25) is 20.5 Å². The van der Waals surface area contributed by atoms with E-state index in [1.807, 2.05) is 9.97 Å². The molecular weight excluding hydrogens is 438 g/mol. The van der Waals surface area contributed by atoms with E-state index in [2.05, 4.69) is 19.4 Å². The van der Waals surface area contributed by atoms with Crippen LogP contribution in [0.1, 0.15) is 21.0 Å². The topological polar surface area (TPSA) is 144 Å². The molecule has 0 unspecified atom stereocenters. The number of nitrogens with zero attached hydrogens (tertiary/aromatic N) is 2. The van der Waals surface area contributed by atoms with Crippen LogP contribution in [0.5, 0.6) is 0 Å². The van der Waals surface area contributed by atoms with Crippen molar-refractivity contribution in [3.05, 3.63) is 52.7 Å². The first-order valence-electron chi connectivity index (χ1n) is 6.19. The zero-order valence-electron chi connectivity index (χ0n) is 12.9. The molecule has 0 aliphatic rings. The summed E-state index contributed by atoms with van der Waals surface area (Å²) in [5.74, 6) is -1.58. The SMILES string of the molecule is COC(=O)c1[nH]c(=O)[nH]c(=O)c1Cl.COC(=O)c1nc(Cl)nc(Cl)c1Cl. The first-order chi connectivity index (χ1) is 12.1. The molecule has 0 saturated heterocycles. The van der Waals surface area contributed by atoms with Crippen molar-refractivity contribution in [3.63, 3.8) is 0 Å². The highest BCUT2D eigenvalue weighted by atomic mass is 35.5. The van der Waals surface area contributed by atoms with Gasteiger partial charge in [0.2, 0.25) is 5.28 Å². The van der Waals surface area contributed by atoms with Crippen LogP contribution in [0, 0.1) is 0 Å². The first-order valence-corrected chi connectivity index (χ1v) is 7.70. The lowest BCUT2D eigenvalue weighted by atomic mass is 10.4. The molecule has 0 radical (unpaired) electrons. The molecule has 26 heavy (non-hydrogen) atoms. The van der Waals surface area contributed by atoms with Crippen molar-refractivity contribution in [3.8, 4) is 0 Å². The molecule has 2 aromatic rings. The molecule has 0 fully saturated rings. The molecule has 0 aromatic carbocycles. The van der Waals surface area contributed by atoms with Gasteiger partial charge in [0.15, 0.2) is 16.5 Å². The number of carbonyl (C=O) groups excluding carboxylic acids is 2. The minimum Gasteiger partial charge on any atom is -0.464 e. The van der Waals surface area contributed by atoms with Crippen LogP contribution in [-0.4, -0.2) is 46.1 Å². The fourth-order valence-electron chi connectivity index (χ4n) is 1.34. The highest BCUT2D eigenvalue weighted by Crippen LogP contribution is 2.24. The Bertz CT molecular complexity index is 958. The van der Waals surface area contributed by atoms with E-state index in [1.165, 1.54) is 7.11 Å². The predicted molar refractivity (Wildman–Crippen MR) is 92.4 cm³/mol. The second-order valence-electron chi connectivity index (χ2n) is 4.03. The maximum atomic E-state index is 11.0. The summed E-state index contributed by atoms with van der Waals surface area (Å²) in [6.07, 6.45) is 0. The third-order valence-corrected chi connectivity index (χ3v) is 3.69. The summed E-state index contributed by atoms with van der Waals surface area (Å²) in [5, 5.41) is -0.707. The number of esters is 2. The highest BCUT2D eigenvalue weighted by molar-refractivity contribution is 6.43. The molecular formula is C12H8Cl4N4O6. The van der Waals surface area contributed by atoms with Crippen molar-refractivity contribution < 1.29 is 19.1 Å². The average molecular weight is 446 g/mol. The van der Waals surface area contributed by atoms with E-state index in [0.717, 1.165) is 7.11 Å². The maximum Gasteiger partial charge on any atom is 0.358 e. The highest BCUT2D eigenvalue weighted by Gasteiger charge is 2.17. The van der Waals surface area contributed by atoms with Gasteiger partial charge in [-0.25, -0.2) is 24.4 Å². The molecule has 2 aromatic heterocycles. The van der Waals surface area contributed by atoms with E-state index in [9.17, 15) is 19.2 Å². The number of ether oxygens (including phenoxy) is 2. The lowest BCUT2D eigenvalue weighted by Gasteiger charge is -2.01. The normalized spacial score (nSPS) is 9.77. The summed E-state index contributed by atoms with van der Waals surface area (Å²) in [7, 11) is 2.31. The molecule has 0 atom stereocenters. The minimum atomic E-state index is -0.867. The Kier molecular flexibility index (Phi) is 8.03. The number of H-pyrrole nitrogens is 2. The number of carbonyl (C=O) groups is 2. The van der Waals surface area contributed by atoms with Gasteiger partial charge < -0.3 is 9.47 Å². The minimum absolute atomic E-state index is 0.0714. The molecule has 0 aliphatic carbocycles. The van der Waals surface area contributed by atoms with Crippen molar-refractivity contribution in [2.24, 2.45) is 0 Å². The van der Waals surface area contributed by atoms with Crippen molar-refractivity contribution in [2.75, 3.05) is 14.2 Å². The molecule has 2 rings (SSSR count). The van der Waals surface area contributed by atoms with Gasteiger partial charge in [-0.2, -0.15) is 0 Å². The quantitative estimate of drug-likeness (QED) is 0.403. The zero-order valence-corrected chi connectivity index (χ0v) is 15.9. The molecule has 0 amide bonds. The van der Waals surface area contributed by atoms with Crippen LogP contribution >= 0.6 is 46.4 Å². The Labute approximate surface area is 164 Å². The van der Waals surface area contributed by atoms with E-state index < -0.39 is 28.2 Å². The van der Waals surface area contributed by atoms with Crippen LogP contribution in [0.4, 0.5) is 0 Å². The molecule has 140 valence electrons. The van der Waals surface area contributed by atoms with Crippen LogP contribution in [0.15, 0.2) is 9.59 Å². The molecule has 0 bridgehead atoms. The largest absolute Gasteiger partial charge is 0.464 e. The second-order valence-corrected chi connectivity index (χ2v) is 5.48. The number of hydrogen-bond acceptors (Lipinski definition) is 8. The second kappa shape index (κ2) is 9.53. The first kappa shape index (κ1) is 21.9. The van der Waals surface area contributed by atoms with Gasteiger partial charge in [-0.05, 0) is 11.6 Å². The number of nitrogens with one attached hydrogen (secondary N) is 2. The summed E-state index contributed by atoms with van der Waals surface area (Å²) in [6, 6.07) is 0. The average Bonchev–Trinajstić information content (AvgIpc) is 2.60. The van der Waals surface area contributed by atoms with E-state index in [1.54, 1.807) is 0 Å². The van der Waals surface area contributed by atoms with E-state index in [4.69, 9.17) is 46.4 Å².